The SMILES string of the molecule is C.C=C.C=C(C)C(=O)O.CCC(C)(C)C(=O)O. The van der Waals surface area contributed by atoms with Gasteiger partial charge in [0, 0.05) is 5.57 Å². The van der Waals surface area contributed by atoms with Crippen LogP contribution in [0.15, 0.2) is 25.3 Å². The fourth-order valence-corrected chi connectivity index (χ4v) is 0.151. The Morgan fingerprint density at radius 3 is 1.41 bits per heavy atom. The molecule has 17 heavy (non-hydrogen) atoms. The van der Waals surface area contributed by atoms with Gasteiger partial charge < -0.3 is 10.2 Å². The minimum Gasteiger partial charge on any atom is -0.481 e. The van der Waals surface area contributed by atoms with E-state index in [2.05, 4.69) is 19.7 Å². The van der Waals surface area contributed by atoms with Crippen LogP contribution in [-0.4, -0.2) is 22.2 Å². The molecule has 0 aromatic rings. The summed E-state index contributed by atoms with van der Waals surface area (Å²) in [6.45, 7) is 15.9. The van der Waals surface area contributed by atoms with E-state index in [0.29, 0.717) is 6.42 Å². The van der Waals surface area contributed by atoms with Crippen LogP contribution < -0.4 is 0 Å². The van der Waals surface area contributed by atoms with Gasteiger partial charge in [-0.05, 0) is 27.2 Å². The van der Waals surface area contributed by atoms with Crippen LogP contribution in [0.4, 0.5) is 0 Å². The van der Waals surface area contributed by atoms with Crippen molar-refractivity contribution in [1.82, 2.24) is 0 Å². The summed E-state index contributed by atoms with van der Waals surface area (Å²) < 4.78 is 0. The summed E-state index contributed by atoms with van der Waals surface area (Å²) in [5, 5.41) is 16.3. The van der Waals surface area contributed by atoms with Crippen molar-refractivity contribution in [2.75, 3.05) is 0 Å². The van der Waals surface area contributed by atoms with Gasteiger partial charge in [-0.25, -0.2) is 4.79 Å². The van der Waals surface area contributed by atoms with E-state index in [1.54, 1.807) is 13.8 Å². The Hall–Kier alpha value is -1.58. The second-order valence-corrected chi connectivity index (χ2v) is 3.63. The van der Waals surface area contributed by atoms with Crippen molar-refractivity contribution in [3.05, 3.63) is 25.3 Å². The predicted molar refractivity (Wildman–Crippen MR) is 72.1 cm³/mol. The van der Waals surface area contributed by atoms with Crippen LogP contribution in [-0.2, 0) is 9.59 Å². The van der Waals surface area contributed by atoms with Crippen LogP contribution in [0.1, 0.15) is 41.5 Å². The van der Waals surface area contributed by atoms with Crippen molar-refractivity contribution in [1.29, 1.82) is 0 Å². The van der Waals surface area contributed by atoms with E-state index in [-0.39, 0.29) is 13.0 Å². The molecule has 4 heteroatoms. The molecular formula is C13H26O4. The lowest BCUT2D eigenvalue weighted by Gasteiger charge is -2.14. The van der Waals surface area contributed by atoms with Crippen molar-refractivity contribution in [2.45, 2.75) is 41.5 Å². The molecule has 102 valence electrons. The summed E-state index contributed by atoms with van der Waals surface area (Å²) >= 11 is 0. The number of aliphatic carboxylic acids is 2. The fraction of sp³-hybridized carbons (Fsp3) is 0.538. The number of carboxylic acids is 2. The topological polar surface area (TPSA) is 74.6 Å². The molecule has 0 aliphatic carbocycles. The van der Waals surface area contributed by atoms with Crippen LogP contribution in [0.3, 0.4) is 0 Å². The van der Waals surface area contributed by atoms with Crippen LogP contribution >= 0.6 is 0 Å². The Bertz CT molecular complexity index is 230. The van der Waals surface area contributed by atoms with E-state index in [4.69, 9.17) is 10.2 Å². The van der Waals surface area contributed by atoms with Gasteiger partial charge in [0.15, 0.2) is 0 Å². The first kappa shape index (κ1) is 24.6. The van der Waals surface area contributed by atoms with Gasteiger partial charge in [-0.1, -0.05) is 20.9 Å². The highest BCUT2D eigenvalue weighted by atomic mass is 16.4. The largest absolute Gasteiger partial charge is 0.481 e. The van der Waals surface area contributed by atoms with Crippen molar-refractivity contribution in [3.63, 3.8) is 0 Å². The lowest BCUT2D eigenvalue weighted by atomic mass is 9.91. The monoisotopic (exact) mass is 246 g/mol. The molecule has 0 aromatic heterocycles. The Balaban J connectivity index is -0.0000000844. The second kappa shape index (κ2) is 12.5. The maximum absolute atomic E-state index is 10.3. The van der Waals surface area contributed by atoms with Gasteiger partial charge in [0.1, 0.15) is 0 Å². The number of hydrogen-bond acceptors (Lipinski definition) is 2. The predicted octanol–water partition coefficient (Wildman–Crippen LogP) is 3.59. The summed E-state index contributed by atoms with van der Waals surface area (Å²) in [6.07, 6.45) is 0.683. The molecule has 0 fully saturated rings. The Morgan fingerprint density at radius 1 is 1.18 bits per heavy atom. The molecule has 0 amide bonds. The molecule has 0 heterocycles. The van der Waals surface area contributed by atoms with Gasteiger partial charge in [0.05, 0.1) is 5.41 Å². The molecule has 2 N–H and O–H groups in total. The summed E-state index contributed by atoms with van der Waals surface area (Å²) in [7, 11) is 0. The quantitative estimate of drug-likeness (QED) is 0.589. The van der Waals surface area contributed by atoms with Gasteiger partial charge in [0.2, 0.25) is 0 Å². The average molecular weight is 246 g/mol. The molecule has 0 bridgehead atoms. The molecule has 0 aliphatic heterocycles. The third-order valence-electron chi connectivity index (χ3n) is 1.83. The molecular weight excluding hydrogens is 220 g/mol. The number of hydrogen-bond donors (Lipinski definition) is 2. The van der Waals surface area contributed by atoms with Gasteiger partial charge in [-0.15, -0.1) is 13.2 Å². The van der Waals surface area contributed by atoms with Crippen LogP contribution in [0.25, 0.3) is 0 Å². The standard InChI is InChI=1S/C6H12O2.C4H6O2.C2H4.CH4/c1-4-6(2,3)5(7)8;1-3(2)4(5)6;1-2;/h4H2,1-3H3,(H,7,8);1H2,2H3,(H,5,6);1-2H2;1H4. The van der Waals surface area contributed by atoms with Gasteiger partial charge in [0.25, 0.3) is 0 Å². The zero-order valence-electron chi connectivity index (χ0n) is 10.5. The lowest BCUT2D eigenvalue weighted by Crippen LogP contribution is -2.21. The Morgan fingerprint density at radius 2 is 1.41 bits per heavy atom. The smallest absolute Gasteiger partial charge is 0.330 e. The minimum atomic E-state index is -0.935. The van der Waals surface area contributed by atoms with Crippen molar-refractivity contribution in [2.24, 2.45) is 5.41 Å². The summed E-state index contributed by atoms with van der Waals surface area (Å²) in [5.74, 6) is -1.66. The van der Waals surface area contributed by atoms with E-state index in [1.165, 1.54) is 6.92 Å². The van der Waals surface area contributed by atoms with Gasteiger partial charge in [-0.3, -0.25) is 4.79 Å². The normalized spacial score (nSPS) is 8.24. The summed E-state index contributed by atoms with van der Waals surface area (Å²) in [6, 6.07) is 0. The van der Waals surface area contributed by atoms with Crippen molar-refractivity contribution >= 4 is 11.9 Å². The highest BCUT2D eigenvalue weighted by Crippen LogP contribution is 2.18. The van der Waals surface area contributed by atoms with E-state index >= 15 is 0 Å². The first-order valence-electron chi connectivity index (χ1n) is 4.77. The fourth-order valence-electron chi connectivity index (χ4n) is 0.151. The van der Waals surface area contributed by atoms with Crippen LogP contribution in [0, 0.1) is 5.41 Å². The van der Waals surface area contributed by atoms with Crippen LogP contribution in [0.2, 0.25) is 0 Å². The molecule has 0 unspecified atom stereocenters. The summed E-state index contributed by atoms with van der Waals surface area (Å²) in [4.78, 5) is 19.9. The summed E-state index contributed by atoms with van der Waals surface area (Å²) in [5.41, 5.74) is -0.366. The number of rotatable bonds is 3. The lowest BCUT2D eigenvalue weighted by molar-refractivity contribution is -0.147. The first-order valence-corrected chi connectivity index (χ1v) is 4.77. The van der Waals surface area contributed by atoms with E-state index in [1.807, 2.05) is 6.92 Å². The molecule has 0 aromatic carbocycles. The molecule has 0 atom stereocenters. The third-order valence-corrected chi connectivity index (χ3v) is 1.83. The van der Waals surface area contributed by atoms with E-state index in [9.17, 15) is 9.59 Å². The average Bonchev–Trinajstić information content (AvgIpc) is 2.21. The second-order valence-electron chi connectivity index (χ2n) is 3.63. The zero-order chi connectivity index (χ0) is 13.9. The van der Waals surface area contributed by atoms with Gasteiger partial charge in [-0.2, -0.15) is 0 Å². The molecule has 0 rings (SSSR count). The van der Waals surface area contributed by atoms with Crippen molar-refractivity contribution < 1.29 is 19.8 Å². The minimum absolute atomic E-state index is 0. The Labute approximate surface area is 105 Å². The maximum atomic E-state index is 10.3. The molecule has 0 aliphatic rings. The zero-order valence-corrected chi connectivity index (χ0v) is 10.5. The first-order chi connectivity index (χ1) is 7.15. The third kappa shape index (κ3) is 17.1. The van der Waals surface area contributed by atoms with E-state index < -0.39 is 17.4 Å². The number of carboxylic acid groups (broad SMARTS) is 2. The molecule has 0 spiro atoms. The van der Waals surface area contributed by atoms with Gasteiger partial charge >= 0.3 is 11.9 Å². The highest BCUT2D eigenvalue weighted by Gasteiger charge is 2.23. The molecule has 4 nitrogen and oxygen atoms in total. The molecule has 0 saturated carbocycles. The van der Waals surface area contributed by atoms with Crippen molar-refractivity contribution in [3.8, 4) is 0 Å². The molecule has 0 radical (unpaired) electrons. The highest BCUT2D eigenvalue weighted by molar-refractivity contribution is 5.84. The Kier molecular flexibility index (Phi) is 18.1. The molecule has 0 saturated heterocycles. The van der Waals surface area contributed by atoms with E-state index in [0.717, 1.165) is 0 Å². The number of carbonyl (C=O) groups is 2. The maximum Gasteiger partial charge on any atom is 0.330 e. The van der Waals surface area contributed by atoms with Crippen LogP contribution in [0.5, 0.6) is 0 Å².